The predicted octanol–water partition coefficient (Wildman–Crippen LogP) is 2.93. The summed E-state index contributed by atoms with van der Waals surface area (Å²) >= 11 is 0. The zero-order valence-corrected chi connectivity index (χ0v) is 23.0. The average molecular weight is 564 g/mol. The number of aromatic hydroxyl groups is 1. The molecule has 0 fully saturated rings. The van der Waals surface area contributed by atoms with Crippen molar-refractivity contribution in [3.63, 3.8) is 0 Å². The SMILES string of the molecule is CCOc1cc(/C=N\NC(=O)CN(c2c(C)n(C)n(-c3ccccc3)c2=O)S(=O)(=O)c2ccccc2)ccc1O. The number of nitrogens with one attached hydrogen (secondary N) is 1. The fraction of sp³-hybridized carbons (Fsp3) is 0.179. The lowest BCUT2D eigenvalue weighted by Crippen LogP contribution is -2.42. The third-order valence-corrected chi connectivity index (χ3v) is 7.84. The van der Waals surface area contributed by atoms with Crippen molar-refractivity contribution in [1.29, 1.82) is 0 Å². The third kappa shape index (κ3) is 5.76. The number of rotatable bonds is 10. The number of hydrogen-bond acceptors (Lipinski definition) is 7. The second-order valence-electron chi connectivity index (χ2n) is 8.69. The molecule has 0 spiro atoms. The number of carbonyl (C=O) groups excluding carboxylic acids is 1. The number of amides is 1. The zero-order chi connectivity index (χ0) is 28.9. The Kier molecular flexibility index (Phi) is 8.39. The van der Waals surface area contributed by atoms with Crippen LogP contribution in [0.2, 0.25) is 0 Å². The molecule has 4 rings (SSSR count). The molecule has 2 N–H and O–H groups in total. The van der Waals surface area contributed by atoms with E-state index >= 15 is 0 Å². The minimum absolute atomic E-state index is 0.0378. The Hall–Kier alpha value is -4.84. The molecule has 40 heavy (non-hydrogen) atoms. The first kappa shape index (κ1) is 28.2. The molecule has 11 nitrogen and oxygen atoms in total. The highest BCUT2D eigenvalue weighted by Crippen LogP contribution is 2.27. The van der Waals surface area contributed by atoms with E-state index in [2.05, 4.69) is 10.5 Å². The molecule has 0 aliphatic rings. The number of sulfonamides is 1. The molecule has 1 heterocycles. The summed E-state index contributed by atoms with van der Waals surface area (Å²) in [5.41, 5.74) is 2.97. The van der Waals surface area contributed by atoms with Gasteiger partial charge in [-0.1, -0.05) is 36.4 Å². The van der Waals surface area contributed by atoms with Crippen LogP contribution in [0, 0.1) is 6.92 Å². The summed E-state index contributed by atoms with van der Waals surface area (Å²) in [7, 11) is -2.69. The Morgan fingerprint density at radius 1 is 1.07 bits per heavy atom. The summed E-state index contributed by atoms with van der Waals surface area (Å²) in [6.07, 6.45) is 1.33. The van der Waals surface area contributed by atoms with E-state index < -0.39 is 28.0 Å². The van der Waals surface area contributed by atoms with Crippen molar-refractivity contribution < 1.29 is 23.1 Å². The maximum Gasteiger partial charge on any atom is 0.296 e. The zero-order valence-electron chi connectivity index (χ0n) is 22.2. The first-order valence-corrected chi connectivity index (χ1v) is 13.8. The second-order valence-corrected chi connectivity index (χ2v) is 10.6. The van der Waals surface area contributed by atoms with Crippen molar-refractivity contribution in [2.45, 2.75) is 18.7 Å². The number of benzene rings is 3. The van der Waals surface area contributed by atoms with Gasteiger partial charge in [0, 0.05) is 7.05 Å². The minimum atomic E-state index is -4.32. The maximum absolute atomic E-state index is 13.8. The highest BCUT2D eigenvalue weighted by atomic mass is 32.2. The van der Waals surface area contributed by atoms with Crippen LogP contribution in [0.25, 0.3) is 5.69 Å². The van der Waals surface area contributed by atoms with E-state index in [-0.39, 0.29) is 22.1 Å². The van der Waals surface area contributed by atoms with E-state index in [0.717, 1.165) is 4.31 Å². The average Bonchev–Trinajstić information content (AvgIpc) is 3.17. The van der Waals surface area contributed by atoms with Crippen molar-refractivity contribution in [3.8, 4) is 17.2 Å². The Labute approximate surface area is 231 Å². The predicted molar refractivity (Wildman–Crippen MR) is 152 cm³/mol. The van der Waals surface area contributed by atoms with Crippen LogP contribution >= 0.6 is 0 Å². The van der Waals surface area contributed by atoms with Crippen LogP contribution in [0.5, 0.6) is 11.5 Å². The van der Waals surface area contributed by atoms with Gasteiger partial charge in [0.2, 0.25) is 0 Å². The molecule has 0 bridgehead atoms. The van der Waals surface area contributed by atoms with Gasteiger partial charge in [-0.2, -0.15) is 5.10 Å². The lowest BCUT2D eigenvalue weighted by molar-refractivity contribution is -0.119. The Bertz CT molecular complexity index is 1700. The first-order valence-electron chi connectivity index (χ1n) is 12.3. The second kappa shape index (κ2) is 11.9. The van der Waals surface area contributed by atoms with Gasteiger partial charge in [0.1, 0.15) is 12.2 Å². The smallest absolute Gasteiger partial charge is 0.296 e. The van der Waals surface area contributed by atoms with Gasteiger partial charge in [-0.25, -0.2) is 22.8 Å². The van der Waals surface area contributed by atoms with Crippen molar-refractivity contribution in [1.82, 2.24) is 14.8 Å². The summed E-state index contributed by atoms with van der Waals surface area (Å²) in [6.45, 7) is 3.03. The van der Waals surface area contributed by atoms with Crippen molar-refractivity contribution in [3.05, 3.63) is 100 Å². The number of nitrogens with zero attached hydrogens (tertiary/aromatic N) is 4. The van der Waals surface area contributed by atoms with Crippen LogP contribution in [0.1, 0.15) is 18.2 Å². The molecule has 12 heteroatoms. The highest BCUT2D eigenvalue weighted by Gasteiger charge is 2.33. The topological polar surface area (TPSA) is 135 Å². The Morgan fingerprint density at radius 2 is 1.73 bits per heavy atom. The Balaban J connectivity index is 1.69. The van der Waals surface area contributed by atoms with Gasteiger partial charge in [0.05, 0.1) is 29.1 Å². The summed E-state index contributed by atoms with van der Waals surface area (Å²) in [4.78, 5) is 26.6. The number of anilines is 1. The van der Waals surface area contributed by atoms with Crippen LogP contribution in [-0.4, -0.2) is 48.2 Å². The summed E-state index contributed by atoms with van der Waals surface area (Å²) < 4.78 is 36.6. The van der Waals surface area contributed by atoms with Gasteiger partial charge in [-0.05, 0) is 61.9 Å². The third-order valence-electron chi connectivity index (χ3n) is 6.08. The largest absolute Gasteiger partial charge is 0.504 e. The number of ether oxygens (including phenoxy) is 1. The molecule has 1 aromatic heterocycles. The number of carbonyl (C=O) groups is 1. The quantitative estimate of drug-likeness (QED) is 0.225. The maximum atomic E-state index is 13.8. The highest BCUT2D eigenvalue weighted by molar-refractivity contribution is 7.92. The monoisotopic (exact) mass is 563 g/mol. The number of aromatic nitrogens is 2. The minimum Gasteiger partial charge on any atom is -0.504 e. The number of hydrazone groups is 1. The van der Waals surface area contributed by atoms with Crippen LogP contribution in [0.15, 0.2) is 93.7 Å². The van der Waals surface area contributed by atoms with Gasteiger partial charge < -0.3 is 9.84 Å². The van der Waals surface area contributed by atoms with E-state index in [9.17, 15) is 23.1 Å². The van der Waals surface area contributed by atoms with Crippen LogP contribution in [0.3, 0.4) is 0 Å². The molecule has 0 unspecified atom stereocenters. The molecule has 0 radical (unpaired) electrons. The normalized spacial score (nSPS) is 11.5. The van der Waals surface area contributed by atoms with E-state index in [1.165, 1.54) is 33.8 Å². The van der Waals surface area contributed by atoms with E-state index in [1.807, 2.05) is 0 Å². The lowest BCUT2D eigenvalue weighted by Gasteiger charge is -2.22. The molecule has 208 valence electrons. The van der Waals surface area contributed by atoms with Gasteiger partial charge in [0.15, 0.2) is 11.5 Å². The van der Waals surface area contributed by atoms with Gasteiger partial charge >= 0.3 is 0 Å². The first-order chi connectivity index (χ1) is 19.1. The van der Waals surface area contributed by atoms with E-state index in [4.69, 9.17) is 4.74 Å². The molecule has 0 aliphatic carbocycles. The number of hydrogen-bond donors (Lipinski definition) is 2. The fourth-order valence-corrected chi connectivity index (χ4v) is 5.57. The number of para-hydroxylation sites is 1. The molecule has 0 aliphatic heterocycles. The number of phenolic OH excluding ortho intramolecular Hbond substituents is 1. The standard InChI is InChI=1S/C28H29N5O6S/c1-4-39-25-17-21(15-16-24(25)34)18-29-30-26(35)19-32(40(37,38)23-13-9-6-10-14-23)27-20(2)31(3)33(28(27)36)22-11-7-5-8-12-22/h5-18,34H,4,19H2,1-3H3,(H,30,35)/b29-18-. The molecule has 0 saturated carbocycles. The molecule has 1 amide bonds. The molecule has 0 saturated heterocycles. The van der Waals surface area contributed by atoms with Gasteiger partial charge in [-0.15, -0.1) is 0 Å². The molecular formula is C28H29N5O6S. The fourth-order valence-electron chi connectivity index (χ4n) is 4.07. The van der Waals surface area contributed by atoms with Crippen LogP contribution in [0.4, 0.5) is 5.69 Å². The van der Waals surface area contributed by atoms with Crippen molar-refractivity contribution in [2.75, 3.05) is 17.5 Å². The molecule has 4 aromatic rings. The molecule has 3 aromatic carbocycles. The van der Waals surface area contributed by atoms with Crippen molar-refractivity contribution >= 4 is 27.8 Å². The summed E-state index contributed by atoms with van der Waals surface area (Å²) in [5, 5.41) is 13.8. The van der Waals surface area contributed by atoms with Crippen LogP contribution < -0.4 is 20.0 Å². The summed E-state index contributed by atoms with van der Waals surface area (Å²) in [6, 6.07) is 20.9. The van der Waals surface area contributed by atoms with Gasteiger partial charge in [-0.3, -0.25) is 14.3 Å². The van der Waals surface area contributed by atoms with Gasteiger partial charge in [0.25, 0.3) is 21.5 Å². The lowest BCUT2D eigenvalue weighted by atomic mass is 10.2. The van der Waals surface area contributed by atoms with Crippen LogP contribution in [-0.2, 0) is 21.9 Å². The number of phenols is 1. The molecule has 0 atom stereocenters. The van der Waals surface area contributed by atoms with E-state index in [1.54, 1.807) is 81.6 Å². The molecular weight excluding hydrogens is 534 g/mol. The van der Waals surface area contributed by atoms with E-state index in [0.29, 0.717) is 23.6 Å². The Morgan fingerprint density at radius 3 is 2.38 bits per heavy atom. The van der Waals surface area contributed by atoms with Crippen molar-refractivity contribution in [2.24, 2.45) is 12.1 Å². The summed E-state index contributed by atoms with van der Waals surface area (Å²) in [5.74, 6) is -0.551.